The molecule has 1 atom stereocenters. The van der Waals surface area contributed by atoms with Crippen LogP contribution in [0.25, 0.3) is 0 Å². The highest BCUT2D eigenvalue weighted by Crippen LogP contribution is 2.16. The number of hydrogen-bond donors (Lipinski definition) is 0. The van der Waals surface area contributed by atoms with Crippen molar-refractivity contribution in [3.63, 3.8) is 0 Å². The van der Waals surface area contributed by atoms with Crippen LogP contribution in [-0.4, -0.2) is 19.0 Å². The van der Waals surface area contributed by atoms with Crippen LogP contribution < -0.4 is 0 Å². The van der Waals surface area contributed by atoms with Crippen LogP contribution in [-0.2, 0) is 9.53 Å². The summed E-state index contributed by atoms with van der Waals surface area (Å²) in [5.41, 5.74) is 0. The summed E-state index contributed by atoms with van der Waals surface area (Å²) in [6, 6.07) is 0. The van der Waals surface area contributed by atoms with Crippen molar-refractivity contribution in [1.29, 1.82) is 0 Å². The Hall–Kier alpha value is -0.370. The predicted molar refractivity (Wildman–Crippen MR) is 29.7 cm³/mol. The van der Waals surface area contributed by atoms with Gasteiger partial charge >= 0.3 is 0 Å². The number of rotatable bonds is 1. The molecule has 0 radical (unpaired) electrons. The SMILES string of the molecule is CO[C@@H]1CCCC1=O. The second-order valence-electron chi connectivity index (χ2n) is 2.08. The number of carbonyl (C=O) groups excluding carboxylic acids is 1. The summed E-state index contributed by atoms with van der Waals surface area (Å²) in [5.74, 6) is 0.271. The monoisotopic (exact) mass is 114 g/mol. The maximum absolute atomic E-state index is 10.7. The highest BCUT2D eigenvalue weighted by atomic mass is 16.5. The van der Waals surface area contributed by atoms with Crippen molar-refractivity contribution in [3.8, 4) is 0 Å². The molecule has 0 aromatic rings. The van der Waals surface area contributed by atoms with E-state index in [0.717, 1.165) is 19.3 Å². The number of hydrogen-bond acceptors (Lipinski definition) is 2. The quantitative estimate of drug-likeness (QED) is 0.503. The first-order chi connectivity index (χ1) is 3.84. The zero-order valence-electron chi connectivity index (χ0n) is 5.02. The molecule has 0 aromatic heterocycles. The molecular formula is C6H10O2. The van der Waals surface area contributed by atoms with Crippen LogP contribution in [0.2, 0.25) is 0 Å². The molecule has 0 aromatic carbocycles. The van der Waals surface area contributed by atoms with Gasteiger partial charge in [0.05, 0.1) is 0 Å². The molecule has 46 valence electrons. The average molecular weight is 114 g/mol. The van der Waals surface area contributed by atoms with Crippen LogP contribution in [0.4, 0.5) is 0 Å². The van der Waals surface area contributed by atoms with Crippen LogP contribution in [0.1, 0.15) is 19.3 Å². The molecule has 8 heavy (non-hydrogen) atoms. The first-order valence-electron chi connectivity index (χ1n) is 2.90. The summed E-state index contributed by atoms with van der Waals surface area (Å²) < 4.78 is 4.87. The summed E-state index contributed by atoms with van der Waals surface area (Å²) in [6.07, 6.45) is 2.58. The third-order valence-electron chi connectivity index (χ3n) is 1.53. The molecule has 2 heteroatoms. The van der Waals surface area contributed by atoms with Crippen LogP contribution in [0.3, 0.4) is 0 Å². The van der Waals surface area contributed by atoms with E-state index >= 15 is 0 Å². The second-order valence-corrected chi connectivity index (χ2v) is 2.08. The van der Waals surface area contributed by atoms with Gasteiger partial charge in [-0.05, 0) is 12.8 Å². The van der Waals surface area contributed by atoms with E-state index in [1.54, 1.807) is 7.11 Å². The first kappa shape index (κ1) is 5.76. The minimum absolute atomic E-state index is 0.0741. The van der Waals surface area contributed by atoms with Gasteiger partial charge in [-0.25, -0.2) is 0 Å². The summed E-state index contributed by atoms with van der Waals surface area (Å²) in [7, 11) is 1.59. The van der Waals surface area contributed by atoms with E-state index < -0.39 is 0 Å². The Bertz CT molecular complexity index is 98.7. The maximum atomic E-state index is 10.7. The molecule has 1 aliphatic rings. The second kappa shape index (κ2) is 2.27. The number of Topliss-reactive ketones (excluding diaryl/α,β-unsaturated/α-hetero) is 1. The van der Waals surface area contributed by atoms with Gasteiger partial charge in [-0.2, -0.15) is 0 Å². The van der Waals surface area contributed by atoms with Gasteiger partial charge in [0.15, 0.2) is 5.78 Å². The summed E-state index contributed by atoms with van der Waals surface area (Å²) in [4.78, 5) is 10.7. The fourth-order valence-corrected chi connectivity index (χ4v) is 1.03. The topological polar surface area (TPSA) is 26.3 Å². The molecule has 2 nitrogen and oxygen atoms in total. The zero-order valence-corrected chi connectivity index (χ0v) is 5.02. The van der Waals surface area contributed by atoms with Gasteiger partial charge in [0, 0.05) is 13.5 Å². The van der Waals surface area contributed by atoms with Crippen molar-refractivity contribution in [2.75, 3.05) is 7.11 Å². The Labute approximate surface area is 48.8 Å². The molecule has 1 saturated carbocycles. The van der Waals surface area contributed by atoms with E-state index in [1.807, 2.05) is 0 Å². The lowest BCUT2D eigenvalue weighted by molar-refractivity contribution is -0.125. The molecule has 1 rings (SSSR count). The van der Waals surface area contributed by atoms with Crippen molar-refractivity contribution >= 4 is 5.78 Å². The molecule has 0 heterocycles. The minimum Gasteiger partial charge on any atom is -0.374 e. The highest BCUT2D eigenvalue weighted by Gasteiger charge is 2.22. The van der Waals surface area contributed by atoms with E-state index in [0.29, 0.717) is 0 Å². The van der Waals surface area contributed by atoms with Crippen LogP contribution in [0, 0.1) is 0 Å². The molecule has 1 aliphatic carbocycles. The van der Waals surface area contributed by atoms with Crippen molar-refractivity contribution in [1.82, 2.24) is 0 Å². The lowest BCUT2D eigenvalue weighted by atomic mass is 10.3. The molecule has 0 unspecified atom stereocenters. The standard InChI is InChI=1S/C6H10O2/c1-8-6-4-2-3-5(6)7/h6H,2-4H2,1H3/t6-/m1/s1. The van der Waals surface area contributed by atoms with Gasteiger partial charge in [0.25, 0.3) is 0 Å². The van der Waals surface area contributed by atoms with E-state index in [9.17, 15) is 4.79 Å². The van der Waals surface area contributed by atoms with E-state index in [4.69, 9.17) is 4.74 Å². The van der Waals surface area contributed by atoms with E-state index in [2.05, 4.69) is 0 Å². The lowest BCUT2D eigenvalue weighted by Crippen LogP contribution is -2.14. The Balaban J connectivity index is 2.42. The molecule has 0 aliphatic heterocycles. The highest BCUT2D eigenvalue weighted by molar-refractivity contribution is 5.84. The van der Waals surface area contributed by atoms with Gasteiger partial charge in [-0.1, -0.05) is 0 Å². The van der Waals surface area contributed by atoms with Crippen LogP contribution in [0.5, 0.6) is 0 Å². The minimum atomic E-state index is -0.0741. The van der Waals surface area contributed by atoms with Gasteiger partial charge in [-0.15, -0.1) is 0 Å². The van der Waals surface area contributed by atoms with E-state index in [-0.39, 0.29) is 11.9 Å². The normalized spacial score (nSPS) is 29.1. The zero-order chi connectivity index (χ0) is 5.98. The third-order valence-corrected chi connectivity index (χ3v) is 1.53. The Morgan fingerprint density at radius 3 is 2.75 bits per heavy atom. The molecule has 0 spiro atoms. The third kappa shape index (κ3) is 0.892. The van der Waals surface area contributed by atoms with Crippen molar-refractivity contribution in [3.05, 3.63) is 0 Å². The molecule has 0 N–H and O–H groups in total. The largest absolute Gasteiger partial charge is 0.374 e. The van der Waals surface area contributed by atoms with Gasteiger partial charge in [-0.3, -0.25) is 4.79 Å². The van der Waals surface area contributed by atoms with Gasteiger partial charge < -0.3 is 4.74 Å². The average Bonchev–Trinajstić information content (AvgIpc) is 2.14. The Kier molecular flexibility index (Phi) is 1.63. The van der Waals surface area contributed by atoms with Crippen molar-refractivity contribution in [2.45, 2.75) is 25.4 Å². The van der Waals surface area contributed by atoms with Crippen molar-refractivity contribution < 1.29 is 9.53 Å². The number of methoxy groups -OCH3 is 1. The summed E-state index contributed by atoms with van der Waals surface area (Å²) in [6.45, 7) is 0. The van der Waals surface area contributed by atoms with Crippen molar-refractivity contribution in [2.24, 2.45) is 0 Å². The predicted octanol–water partition coefficient (Wildman–Crippen LogP) is 0.754. The maximum Gasteiger partial charge on any atom is 0.161 e. The molecule has 1 fully saturated rings. The van der Waals surface area contributed by atoms with E-state index in [1.165, 1.54) is 0 Å². The Morgan fingerprint density at radius 1 is 1.75 bits per heavy atom. The smallest absolute Gasteiger partial charge is 0.161 e. The molecular weight excluding hydrogens is 104 g/mol. The molecule has 0 bridgehead atoms. The molecule has 0 amide bonds. The summed E-state index contributed by atoms with van der Waals surface area (Å²) in [5, 5.41) is 0. The molecule has 0 saturated heterocycles. The number of ketones is 1. The van der Waals surface area contributed by atoms with Crippen LogP contribution >= 0.6 is 0 Å². The van der Waals surface area contributed by atoms with Gasteiger partial charge in [0.1, 0.15) is 6.10 Å². The van der Waals surface area contributed by atoms with Crippen LogP contribution in [0.15, 0.2) is 0 Å². The van der Waals surface area contributed by atoms with Gasteiger partial charge in [0.2, 0.25) is 0 Å². The Morgan fingerprint density at radius 2 is 2.50 bits per heavy atom. The fourth-order valence-electron chi connectivity index (χ4n) is 1.03. The summed E-state index contributed by atoms with van der Waals surface area (Å²) >= 11 is 0. The number of ether oxygens (including phenoxy) is 1. The number of carbonyl (C=O) groups is 1. The fraction of sp³-hybridized carbons (Fsp3) is 0.833. The lowest BCUT2D eigenvalue weighted by Gasteiger charge is -2.01. The first-order valence-corrected chi connectivity index (χ1v) is 2.90.